The molecule has 0 spiro atoms. The summed E-state index contributed by atoms with van der Waals surface area (Å²) in [5.74, 6) is 0.192. The largest absolute Gasteiger partial charge is 0.298 e. The fourth-order valence-electron chi connectivity index (χ4n) is 2.85. The van der Waals surface area contributed by atoms with E-state index in [9.17, 15) is 4.79 Å². The minimum Gasteiger partial charge on any atom is -0.298 e. The van der Waals surface area contributed by atoms with E-state index in [4.69, 9.17) is 0 Å². The highest BCUT2D eigenvalue weighted by Gasteiger charge is 2.10. The van der Waals surface area contributed by atoms with Crippen molar-refractivity contribution in [1.82, 2.24) is 24.6 Å². The molecule has 25 heavy (non-hydrogen) atoms. The number of pyridine rings is 2. The smallest absolute Gasteiger partial charge is 0.152 e. The van der Waals surface area contributed by atoms with Crippen LogP contribution in [0, 0.1) is 0 Å². The van der Waals surface area contributed by atoms with Gasteiger partial charge in [0.25, 0.3) is 0 Å². The Balaban J connectivity index is 1.82. The summed E-state index contributed by atoms with van der Waals surface area (Å²) in [7, 11) is 1.88. The molecule has 0 N–H and O–H groups in total. The summed E-state index contributed by atoms with van der Waals surface area (Å²) in [6, 6.07) is 4.00. The number of nitrogens with zero attached hydrogens (tertiary/aromatic N) is 5. The average Bonchev–Trinajstić information content (AvgIpc) is 3.05. The van der Waals surface area contributed by atoms with Gasteiger partial charge in [0.05, 0.1) is 24.9 Å². The van der Waals surface area contributed by atoms with E-state index in [-0.39, 0.29) is 5.78 Å². The van der Waals surface area contributed by atoms with Gasteiger partial charge < -0.3 is 0 Å². The molecule has 3 aromatic heterocycles. The zero-order chi connectivity index (χ0) is 17.8. The van der Waals surface area contributed by atoms with Gasteiger partial charge in [-0.1, -0.05) is 13.8 Å². The third kappa shape index (κ3) is 4.09. The summed E-state index contributed by atoms with van der Waals surface area (Å²) in [4.78, 5) is 23.3. The highest BCUT2D eigenvalue weighted by Crippen LogP contribution is 2.21. The van der Waals surface area contributed by atoms with Crippen LogP contribution in [0.1, 0.15) is 19.5 Å². The minimum atomic E-state index is 0.192. The van der Waals surface area contributed by atoms with Crippen molar-refractivity contribution in [2.75, 3.05) is 19.6 Å². The molecule has 0 amide bonds. The van der Waals surface area contributed by atoms with E-state index in [1.54, 1.807) is 17.1 Å². The Hall–Kier alpha value is -2.60. The summed E-state index contributed by atoms with van der Waals surface area (Å²) in [6.07, 6.45) is 7.69. The molecular formula is C19H23N5O. The molecule has 0 atom stereocenters. The van der Waals surface area contributed by atoms with Crippen molar-refractivity contribution in [2.24, 2.45) is 7.05 Å². The van der Waals surface area contributed by atoms with Crippen LogP contribution in [0.5, 0.6) is 0 Å². The molecule has 3 aromatic rings. The average molecular weight is 337 g/mol. The summed E-state index contributed by atoms with van der Waals surface area (Å²) >= 11 is 0. The van der Waals surface area contributed by atoms with E-state index in [1.165, 1.54) is 0 Å². The molecule has 0 saturated heterocycles. The lowest BCUT2D eigenvalue weighted by Gasteiger charge is -2.16. The molecule has 130 valence electrons. The van der Waals surface area contributed by atoms with Gasteiger partial charge in [0.15, 0.2) is 5.78 Å². The van der Waals surface area contributed by atoms with E-state index in [0.29, 0.717) is 13.0 Å². The molecule has 0 aromatic carbocycles. The van der Waals surface area contributed by atoms with Gasteiger partial charge in [-0.15, -0.1) is 0 Å². The Morgan fingerprint density at radius 1 is 1.08 bits per heavy atom. The van der Waals surface area contributed by atoms with Crippen LogP contribution in [0.15, 0.2) is 36.9 Å². The second kappa shape index (κ2) is 7.53. The van der Waals surface area contributed by atoms with Gasteiger partial charge in [-0.05, 0) is 30.6 Å². The van der Waals surface area contributed by atoms with E-state index in [1.807, 2.05) is 31.6 Å². The molecule has 6 heteroatoms. The standard InChI is InChI=1S/C19H23N5O/c1-4-24(5-2)13-18(25)8-17-6-14-7-19(16-11-22-23(3)12-16)21-10-15(14)9-20-17/h6-7,9-12H,4-5,8,13H2,1-3H3. The second-order valence-electron chi connectivity index (χ2n) is 6.17. The molecule has 0 radical (unpaired) electrons. The number of fused-ring (bicyclic) bond motifs is 1. The lowest BCUT2D eigenvalue weighted by molar-refractivity contribution is -0.119. The number of aromatic nitrogens is 4. The van der Waals surface area contributed by atoms with Crippen molar-refractivity contribution in [2.45, 2.75) is 20.3 Å². The van der Waals surface area contributed by atoms with Gasteiger partial charge in [-0.3, -0.25) is 24.3 Å². The Labute approximate surface area is 147 Å². The molecule has 0 saturated carbocycles. The van der Waals surface area contributed by atoms with Crippen molar-refractivity contribution in [1.29, 1.82) is 0 Å². The Morgan fingerprint density at radius 2 is 1.84 bits per heavy atom. The number of hydrogen-bond donors (Lipinski definition) is 0. The van der Waals surface area contributed by atoms with Crippen molar-refractivity contribution in [3.05, 3.63) is 42.6 Å². The maximum Gasteiger partial charge on any atom is 0.152 e. The van der Waals surface area contributed by atoms with E-state index in [2.05, 4.69) is 33.8 Å². The summed E-state index contributed by atoms with van der Waals surface area (Å²) < 4.78 is 1.76. The highest BCUT2D eigenvalue weighted by molar-refractivity contribution is 5.87. The molecule has 0 aliphatic carbocycles. The SMILES string of the molecule is CCN(CC)CC(=O)Cc1cc2cc(-c3cnn(C)c3)ncc2cn1. The molecular weight excluding hydrogens is 314 g/mol. The van der Waals surface area contributed by atoms with Crippen molar-refractivity contribution in [3.8, 4) is 11.3 Å². The van der Waals surface area contributed by atoms with E-state index in [0.717, 1.165) is 40.8 Å². The summed E-state index contributed by atoms with van der Waals surface area (Å²) in [6.45, 7) is 6.38. The van der Waals surface area contributed by atoms with Gasteiger partial charge in [-0.2, -0.15) is 5.10 Å². The molecule has 0 bridgehead atoms. The predicted molar refractivity (Wildman–Crippen MR) is 98.2 cm³/mol. The molecule has 3 heterocycles. The predicted octanol–water partition coefficient (Wildman–Crippen LogP) is 2.48. The van der Waals surface area contributed by atoms with Gasteiger partial charge in [-0.25, -0.2) is 0 Å². The quantitative estimate of drug-likeness (QED) is 0.663. The molecule has 0 aliphatic heterocycles. The first-order chi connectivity index (χ1) is 12.1. The number of Topliss-reactive ketones (excluding diaryl/α,β-unsaturated/α-hetero) is 1. The molecule has 0 aliphatic rings. The molecule has 6 nitrogen and oxygen atoms in total. The number of carbonyl (C=O) groups is 1. The number of likely N-dealkylation sites (N-methyl/N-ethyl adjacent to an activating group) is 1. The van der Waals surface area contributed by atoms with Crippen LogP contribution in [0.2, 0.25) is 0 Å². The van der Waals surface area contributed by atoms with Crippen LogP contribution < -0.4 is 0 Å². The monoisotopic (exact) mass is 337 g/mol. The van der Waals surface area contributed by atoms with E-state index < -0.39 is 0 Å². The Bertz CT molecular complexity index is 882. The first kappa shape index (κ1) is 17.2. The molecule has 0 unspecified atom stereocenters. The second-order valence-corrected chi connectivity index (χ2v) is 6.17. The van der Waals surface area contributed by atoms with Crippen molar-refractivity contribution < 1.29 is 4.79 Å². The number of aryl methyl sites for hydroxylation is 1. The van der Waals surface area contributed by atoms with Crippen LogP contribution in [0.25, 0.3) is 22.0 Å². The zero-order valence-corrected chi connectivity index (χ0v) is 14.9. The van der Waals surface area contributed by atoms with Gasteiger partial charge >= 0.3 is 0 Å². The van der Waals surface area contributed by atoms with E-state index >= 15 is 0 Å². The maximum atomic E-state index is 12.3. The molecule has 3 rings (SSSR count). The third-order valence-electron chi connectivity index (χ3n) is 4.33. The molecule has 0 fully saturated rings. The Morgan fingerprint density at radius 3 is 2.52 bits per heavy atom. The van der Waals surface area contributed by atoms with Gasteiger partial charge in [0.1, 0.15) is 0 Å². The zero-order valence-electron chi connectivity index (χ0n) is 14.9. The minimum absolute atomic E-state index is 0.192. The van der Waals surface area contributed by atoms with Crippen LogP contribution >= 0.6 is 0 Å². The van der Waals surface area contributed by atoms with Crippen molar-refractivity contribution >= 4 is 16.6 Å². The number of hydrogen-bond acceptors (Lipinski definition) is 5. The lowest BCUT2D eigenvalue weighted by Crippen LogP contribution is -2.30. The first-order valence-corrected chi connectivity index (χ1v) is 8.56. The fraction of sp³-hybridized carbons (Fsp3) is 0.368. The van der Waals surface area contributed by atoms with Crippen LogP contribution in [-0.2, 0) is 18.3 Å². The normalized spacial score (nSPS) is 11.4. The topological polar surface area (TPSA) is 63.9 Å². The summed E-state index contributed by atoms with van der Waals surface area (Å²) in [5.41, 5.74) is 2.64. The van der Waals surface area contributed by atoms with Gasteiger partial charge in [0, 0.05) is 42.3 Å². The highest BCUT2D eigenvalue weighted by atomic mass is 16.1. The Kier molecular flexibility index (Phi) is 5.19. The van der Waals surface area contributed by atoms with Crippen LogP contribution in [0.4, 0.5) is 0 Å². The van der Waals surface area contributed by atoms with Gasteiger partial charge in [0.2, 0.25) is 0 Å². The number of rotatable bonds is 7. The number of ketones is 1. The van der Waals surface area contributed by atoms with Crippen molar-refractivity contribution in [3.63, 3.8) is 0 Å². The van der Waals surface area contributed by atoms with Crippen LogP contribution in [-0.4, -0.2) is 50.1 Å². The number of carbonyl (C=O) groups excluding carboxylic acids is 1. The lowest BCUT2D eigenvalue weighted by atomic mass is 10.1. The summed E-state index contributed by atoms with van der Waals surface area (Å²) in [5, 5.41) is 6.19. The maximum absolute atomic E-state index is 12.3. The first-order valence-electron chi connectivity index (χ1n) is 8.56. The third-order valence-corrected chi connectivity index (χ3v) is 4.33. The van der Waals surface area contributed by atoms with Crippen LogP contribution in [0.3, 0.4) is 0 Å². The fourth-order valence-corrected chi connectivity index (χ4v) is 2.85.